The van der Waals surface area contributed by atoms with Crippen LogP contribution < -0.4 is 5.56 Å². The number of aryl methyl sites for hydroxylation is 1. The molecule has 3 nitrogen and oxygen atoms in total. The van der Waals surface area contributed by atoms with Gasteiger partial charge in [-0.3, -0.25) is 4.79 Å². The second kappa shape index (κ2) is 5.00. The van der Waals surface area contributed by atoms with Crippen LogP contribution in [0.5, 0.6) is 0 Å². The van der Waals surface area contributed by atoms with Gasteiger partial charge in [0.25, 0.3) is 5.56 Å². The number of para-hydroxylation sites is 2. The highest BCUT2D eigenvalue weighted by Gasteiger charge is 2.10. The zero-order valence-corrected chi connectivity index (χ0v) is 11.6. The maximum Gasteiger partial charge on any atom is 0.272 e. The highest BCUT2D eigenvalue weighted by atomic mass is 79.9. The third-order valence-corrected chi connectivity index (χ3v) is 3.88. The number of benzene rings is 1. The molecule has 90 valence electrons. The minimum atomic E-state index is 0.0106. The van der Waals surface area contributed by atoms with Gasteiger partial charge in [-0.15, -0.1) is 0 Å². The minimum absolute atomic E-state index is 0.0106. The normalized spacial score (nSPS) is 12.9. The number of fused-ring (bicyclic) bond motifs is 1. The summed E-state index contributed by atoms with van der Waals surface area (Å²) in [6.45, 7) is 4.60. The van der Waals surface area contributed by atoms with Gasteiger partial charge in [-0.25, -0.2) is 4.98 Å². The molecule has 0 fully saturated rings. The fourth-order valence-electron chi connectivity index (χ4n) is 1.86. The lowest BCUT2D eigenvalue weighted by Gasteiger charge is -2.14. The van der Waals surface area contributed by atoms with Gasteiger partial charge < -0.3 is 4.57 Å². The Morgan fingerprint density at radius 1 is 1.41 bits per heavy atom. The minimum Gasteiger partial charge on any atom is -0.305 e. The van der Waals surface area contributed by atoms with Crippen molar-refractivity contribution in [2.75, 3.05) is 5.33 Å². The lowest BCUT2D eigenvalue weighted by atomic mass is 10.2. The largest absolute Gasteiger partial charge is 0.305 e. The van der Waals surface area contributed by atoms with Crippen molar-refractivity contribution in [2.24, 2.45) is 5.92 Å². The standard InChI is InChI=1S/C13H15BrN2O/c1-9(7-14)8-16-12-6-4-3-5-11(12)15-10(2)13(16)17/h3-6,9H,7-8H2,1-2H3. The summed E-state index contributed by atoms with van der Waals surface area (Å²) in [7, 11) is 0. The first-order valence-corrected chi connectivity index (χ1v) is 6.77. The van der Waals surface area contributed by atoms with E-state index in [2.05, 4.69) is 27.8 Å². The summed E-state index contributed by atoms with van der Waals surface area (Å²) < 4.78 is 1.82. The predicted molar refractivity (Wildman–Crippen MR) is 73.7 cm³/mol. The lowest BCUT2D eigenvalue weighted by Crippen LogP contribution is -2.26. The van der Waals surface area contributed by atoms with Crippen molar-refractivity contribution in [3.05, 3.63) is 40.3 Å². The first-order chi connectivity index (χ1) is 8.13. The van der Waals surface area contributed by atoms with Crippen LogP contribution in [0.1, 0.15) is 12.6 Å². The molecule has 1 heterocycles. The van der Waals surface area contributed by atoms with Crippen LogP contribution in [0.2, 0.25) is 0 Å². The fraction of sp³-hybridized carbons (Fsp3) is 0.385. The van der Waals surface area contributed by atoms with Crippen molar-refractivity contribution in [1.82, 2.24) is 9.55 Å². The third-order valence-electron chi connectivity index (χ3n) is 2.77. The van der Waals surface area contributed by atoms with Gasteiger partial charge in [-0.2, -0.15) is 0 Å². The second-order valence-corrected chi connectivity index (χ2v) is 5.01. The Bertz CT molecular complexity index is 591. The van der Waals surface area contributed by atoms with Crippen LogP contribution in [0, 0.1) is 12.8 Å². The van der Waals surface area contributed by atoms with Crippen molar-refractivity contribution in [3.8, 4) is 0 Å². The number of nitrogens with zero attached hydrogens (tertiary/aromatic N) is 2. The molecule has 17 heavy (non-hydrogen) atoms. The second-order valence-electron chi connectivity index (χ2n) is 4.36. The maximum atomic E-state index is 12.1. The summed E-state index contributed by atoms with van der Waals surface area (Å²) in [6.07, 6.45) is 0. The molecule has 1 aromatic carbocycles. The zero-order valence-electron chi connectivity index (χ0n) is 9.98. The Morgan fingerprint density at radius 3 is 2.82 bits per heavy atom. The summed E-state index contributed by atoms with van der Waals surface area (Å²) in [4.78, 5) is 16.4. The van der Waals surface area contributed by atoms with Gasteiger partial charge >= 0.3 is 0 Å². The molecule has 2 aromatic rings. The van der Waals surface area contributed by atoms with Gasteiger partial charge in [0.1, 0.15) is 5.69 Å². The summed E-state index contributed by atoms with van der Waals surface area (Å²) >= 11 is 3.45. The quantitative estimate of drug-likeness (QED) is 0.816. The Kier molecular flexibility index (Phi) is 3.62. The van der Waals surface area contributed by atoms with Crippen molar-refractivity contribution >= 4 is 27.0 Å². The molecule has 0 radical (unpaired) electrons. The molecule has 0 saturated carbocycles. The van der Waals surface area contributed by atoms with E-state index >= 15 is 0 Å². The van der Waals surface area contributed by atoms with E-state index < -0.39 is 0 Å². The van der Waals surface area contributed by atoms with Gasteiger partial charge in [0.2, 0.25) is 0 Å². The van der Waals surface area contributed by atoms with Crippen LogP contribution in [0.15, 0.2) is 29.1 Å². The molecule has 4 heteroatoms. The average molecular weight is 295 g/mol. The molecule has 0 N–H and O–H groups in total. The van der Waals surface area contributed by atoms with Crippen LogP contribution in [0.25, 0.3) is 11.0 Å². The van der Waals surface area contributed by atoms with Gasteiger partial charge in [-0.1, -0.05) is 35.0 Å². The van der Waals surface area contributed by atoms with Crippen molar-refractivity contribution in [2.45, 2.75) is 20.4 Å². The molecule has 0 aliphatic heterocycles. The van der Waals surface area contributed by atoms with Crippen LogP contribution >= 0.6 is 15.9 Å². The van der Waals surface area contributed by atoms with Crippen LogP contribution in [-0.4, -0.2) is 14.9 Å². The van der Waals surface area contributed by atoms with E-state index in [1.165, 1.54) is 0 Å². The van der Waals surface area contributed by atoms with Crippen molar-refractivity contribution < 1.29 is 0 Å². The van der Waals surface area contributed by atoms with Gasteiger partial charge in [0, 0.05) is 11.9 Å². The Hall–Kier alpha value is -1.16. The molecule has 1 atom stereocenters. The number of halogens is 1. The third kappa shape index (κ3) is 2.41. The molecule has 0 saturated heterocycles. The molecule has 2 rings (SSSR count). The van der Waals surface area contributed by atoms with E-state index in [9.17, 15) is 4.79 Å². The van der Waals surface area contributed by atoms with Crippen molar-refractivity contribution in [1.29, 1.82) is 0 Å². The first-order valence-electron chi connectivity index (χ1n) is 5.65. The number of hydrogen-bond acceptors (Lipinski definition) is 2. The summed E-state index contributed by atoms with van der Waals surface area (Å²) in [5.41, 5.74) is 2.37. The highest BCUT2D eigenvalue weighted by molar-refractivity contribution is 9.09. The monoisotopic (exact) mass is 294 g/mol. The van der Waals surface area contributed by atoms with E-state index in [1.807, 2.05) is 28.8 Å². The van der Waals surface area contributed by atoms with Crippen LogP contribution in [0.3, 0.4) is 0 Å². The maximum absolute atomic E-state index is 12.1. The Morgan fingerprint density at radius 2 is 2.12 bits per heavy atom. The molecular weight excluding hydrogens is 280 g/mol. The highest BCUT2D eigenvalue weighted by Crippen LogP contribution is 2.12. The lowest BCUT2D eigenvalue weighted by molar-refractivity contribution is 0.530. The number of rotatable bonds is 3. The van der Waals surface area contributed by atoms with E-state index in [0.717, 1.165) is 16.4 Å². The van der Waals surface area contributed by atoms with Gasteiger partial charge in [-0.05, 0) is 25.0 Å². The van der Waals surface area contributed by atoms with Gasteiger partial charge in [0.05, 0.1) is 11.0 Å². The zero-order chi connectivity index (χ0) is 12.4. The Balaban J connectivity index is 2.66. The topological polar surface area (TPSA) is 34.9 Å². The molecular formula is C13H15BrN2O. The van der Waals surface area contributed by atoms with Crippen LogP contribution in [0.4, 0.5) is 0 Å². The smallest absolute Gasteiger partial charge is 0.272 e. The molecule has 1 unspecified atom stereocenters. The number of hydrogen-bond donors (Lipinski definition) is 0. The van der Waals surface area contributed by atoms with Crippen LogP contribution in [-0.2, 0) is 6.54 Å². The molecule has 0 bridgehead atoms. The molecule has 1 aromatic heterocycles. The summed E-state index contributed by atoms with van der Waals surface area (Å²) in [5, 5.41) is 0.884. The average Bonchev–Trinajstić information content (AvgIpc) is 2.34. The first kappa shape index (κ1) is 12.3. The predicted octanol–water partition coefficient (Wildman–Crippen LogP) is 2.74. The molecule has 0 amide bonds. The van der Waals surface area contributed by atoms with E-state index in [-0.39, 0.29) is 5.56 Å². The van der Waals surface area contributed by atoms with Crippen molar-refractivity contribution in [3.63, 3.8) is 0 Å². The molecule has 0 spiro atoms. The molecule has 0 aliphatic rings. The summed E-state index contributed by atoms with van der Waals surface area (Å²) in [6, 6.07) is 7.77. The molecule has 0 aliphatic carbocycles. The Labute approximate surface area is 109 Å². The SMILES string of the molecule is Cc1nc2ccccc2n(CC(C)CBr)c1=O. The number of aromatic nitrogens is 2. The van der Waals surface area contributed by atoms with Gasteiger partial charge in [0.15, 0.2) is 0 Å². The van der Waals surface area contributed by atoms with E-state index in [0.29, 0.717) is 18.2 Å². The number of alkyl halides is 1. The summed E-state index contributed by atoms with van der Waals surface area (Å²) in [5.74, 6) is 0.415. The fourth-order valence-corrected chi connectivity index (χ4v) is 2.07. The van der Waals surface area contributed by atoms with E-state index in [1.54, 1.807) is 6.92 Å². The van der Waals surface area contributed by atoms with E-state index in [4.69, 9.17) is 0 Å².